The molecule has 0 saturated carbocycles. The van der Waals surface area contributed by atoms with Gasteiger partial charge in [0.1, 0.15) is 12.7 Å². The van der Waals surface area contributed by atoms with Gasteiger partial charge in [-0.05, 0) is 19.8 Å². The smallest absolute Gasteiger partial charge is 0.338 e. The van der Waals surface area contributed by atoms with Gasteiger partial charge in [0.15, 0.2) is 0 Å². The first-order chi connectivity index (χ1) is 9.92. The minimum atomic E-state index is -0.367. The number of hydrogen-bond donors (Lipinski definition) is 0. The molecule has 0 N–H and O–H groups in total. The lowest BCUT2D eigenvalue weighted by molar-refractivity contribution is -0.139. The maximum atomic E-state index is 10.9. The lowest BCUT2D eigenvalue weighted by Gasteiger charge is -2.00. The molecule has 5 nitrogen and oxygen atoms in total. The van der Waals surface area contributed by atoms with Gasteiger partial charge in [0, 0.05) is 11.1 Å². The number of unbranched alkanes of at least 4 members (excludes halogenated alkanes) is 1. The topological polar surface area (TPSA) is 65.1 Å². The molecule has 0 bridgehead atoms. The number of hydrogen-bond acceptors (Lipinski definition) is 5. The molecule has 0 spiro atoms. The van der Waals surface area contributed by atoms with Gasteiger partial charge in [-0.1, -0.05) is 33.1 Å². The molecule has 0 aromatic carbocycles. The molecule has 1 rings (SSSR count). The zero-order valence-electron chi connectivity index (χ0n) is 12.9. The van der Waals surface area contributed by atoms with Crippen LogP contribution in [-0.2, 0) is 23.8 Å². The number of carbonyl (C=O) groups excluding carboxylic acids is 2. The van der Waals surface area contributed by atoms with E-state index in [0.717, 1.165) is 19.1 Å². The second-order valence-electron chi connectivity index (χ2n) is 4.61. The van der Waals surface area contributed by atoms with Gasteiger partial charge in [-0.3, -0.25) is 0 Å². The Labute approximate surface area is 126 Å². The largest absolute Gasteiger partial charge is 0.459 e. The third-order valence-electron chi connectivity index (χ3n) is 2.46. The third kappa shape index (κ3) is 10.6. The van der Waals surface area contributed by atoms with E-state index in [4.69, 9.17) is 9.47 Å². The monoisotopic (exact) mass is 296 g/mol. The van der Waals surface area contributed by atoms with Crippen LogP contribution >= 0.6 is 0 Å². The third-order valence-corrected chi connectivity index (χ3v) is 2.46. The van der Waals surface area contributed by atoms with E-state index in [1.54, 1.807) is 6.92 Å². The van der Waals surface area contributed by atoms with Crippen molar-refractivity contribution in [1.82, 2.24) is 0 Å². The Kier molecular flexibility index (Phi) is 9.88. The summed E-state index contributed by atoms with van der Waals surface area (Å²) in [6, 6.07) is 0. The Morgan fingerprint density at radius 2 is 1.95 bits per heavy atom. The van der Waals surface area contributed by atoms with Gasteiger partial charge in [-0.25, -0.2) is 9.59 Å². The Bertz CT molecular complexity index is 393. The van der Waals surface area contributed by atoms with Gasteiger partial charge < -0.3 is 14.2 Å². The minimum Gasteiger partial charge on any atom is -0.459 e. The van der Waals surface area contributed by atoms with Crippen LogP contribution in [0.25, 0.3) is 0 Å². The lowest BCUT2D eigenvalue weighted by Crippen LogP contribution is -2.09. The highest BCUT2D eigenvalue weighted by atomic mass is 16.6. The van der Waals surface area contributed by atoms with Gasteiger partial charge in [0.2, 0.25) is 0 Å². The molecule has 0 radical (unpaired) electrons. The van der Waals surface area contributed by atoms with Gasteiger partial charge in [-0.15, -0.1) is 0 Å². The fourth-order valence-corrected chi connectivity index (χ4v) is 1.11. The Balaban J connectivity index is 0.000000382. The number of rotatable bonds is 8. The zero-order valence-corrected chi connectivity index (χ0v) is 12.9. The molecule has 1 heterocycles. The highest BCUT2D eigenvalue weighted by Gasteiger charge is 2.24. The van der Waals surface area contributed by atoms with Crippen LogP contribution in [-0.4, -0.2) is 31.3 Å². The molecule has 21 heavy (non-hydrogen) atoms. The van der Waals surface area contributed by atoms with E-state index in [1.165, 1.54) is 0 Å². The summed E-state index contributed by atoms with van der Waals surface area (Å²) >= 11 is 0. The van der Waals surface area contributed by atoms with Gasteiger partial charge in [-0.2, -0.15) is 0 Å². The van der Waals surface area contributed by atoms with Crippen molar-refractivity contribution in [2.75, 3.05) is 13.2 Å². The summed E-state index contributed by atoms with van der Waals surface area (Å²) in [5.74, 6) is -0.705. The van der Waals surface area contributed by atoms with Crippen LogP contribution in [0, 0.1) is 0 Å². The van der Waals surface area contributed by atoms with Crippen LogP contribution in [0.5, 0.6) is 0 Å². The van der Waals surface area contributed by atoms with E-state index in [9.17, 15) is 9.59 Å². The normalized spacial score (nSPS) is 15.0. The van der Waals surface area contributed by atoms with Crippen molar-refractivity contribution >= 4 is 11.9 Å². The SMILES string of the molecule is C=C(C)C(=O)OCC1CO1.C=COC(=O)C(=C)CCCC. The number of carbonyl (C=O) groups is 2. The van der Waals surface area contributed by atoms with Crippen molar-refractivity contribution in [3.63, 3.8) is 0 Å². The maximum Gasteiger partial charge on any atom is 0.338 e. The van der Waals surface area contributed by atoms with Crippen molar-refractivity contribution in [3.05, 3.63) is 37.1 Å². The van der Waals surface area contributed by atoms with E-state index in [-0.39, 0.29) is 18.0 Å². The van der Waals surface area contributed by atoms with Crippen LogP contribution in [0.1, 0.15) is 33.1 Å². The molecule has 1 atom stereocenters. The van der Waals surface area contributed by atoms with E-state index in [2.05, 4.69) is 31.4 Å². The number of esters is 2. The molecule has 0 amide bonds. The predicted octanol–water partition coefficient (Wildman–Crippen LogP) is 2.92. The summed E-state index contributed by atoms with van der Waals surface area (Å²) in [5, 5.41) is 0. The second kappa shape index (κ2) is 10.9. The summed E-state index contributed by atoms with van der Waals surface area (Å²) in [4.78, 5) is 21.6. The Morgan fingerprint density at radius 1 is 1.33 bits per heavy atom. The standard InChI is InChI=1S/C9H14O2.C7H10O3/c1-4-6-7-8(3)9(10)11-5-2;1-5(2)7(8)10-4-6-3-9-6/h5H,2-4,6-7H2,1H3;6H,1,3-4H2,2H3. The predicted molar refractivity (Wildman–Crippen MR) is 80.5 cm³/mol. The molecular formula is C16H24O5. The first kappa shape index (κ1) is 19.1. The molecule has 5 heteroatoms. The Morgan fingerprint density at radius 3 is 2.38 bits per heavy atom. The minimum absolute atomic E-state index is 0.142. The average Bonchev–Trinajstić information content (AvgIpc) is 3.27. The van der Waals surface area contributed by atoms with Crippen LogP contribution in [0.4, 0.5) is 0 Å². The first-order valence-electron chi connectivity index (χ1n) is 6.86. The average molecular weight is 296 g/mol. The molecule has 0 aromatic rings. The van der Waals surface area contributed by atoms with Crippen molar-refractivity contribution in [3.8, 4) is 0 Å². The second-order valence-corrected chi connectivity index (χ2v) is 4.61. The molecule has 0 aromatic heterocycles. The summed E-state index contributed by atoms with van der Waals surface area (Å²) < 4.78 is 14.1. The van der Waals surface area contributed by atoms with Gasteiger partial charge in [0.05, 0.1) is 12.9 Å². The van der Waals surface area contributed by atoms with Crippen molar-refractivity contribution in [1.29, 1.82) is 0 Å². The van der Waals surface area contributed by atoms with E-state index in [0.29, 0.717) is 30.8 Å². The summed E-state index contributed by atoms with van der Waals surface area (Å²) in [6.45, 7) is 15.1. The van der Waals surface area contributed by atoms with Crippen molar-refractivity contribution < 1.29 is 23.8 Å². The molecule has 0 aliphatic carbocycles. The highest BCUT2D eigenvalue weighted by molar-refractivity contribution is 5.88. The van der Waals surface area contributed by atoms with Crippen molar-refractivity contribution in [2.24, 2.45) is 0 Å². The first-order valence-corrected chi connectivity index (χ1v) is 6.86. The van der Waals surface area contributed by atoms with Gasteiger partial charge >= 0.3 is 11.9 Å². The van der Waals surface area contributed by atoms with Crippen LogP contribution in [0.15, 0.2) is 37.1 Å². The van der Waals surface area contributed by atoms with Crippen LogP contribution in [0.3, 0.4) is 0 Å². The summed E-state index contributed by atoms with van der Waals surface area (Å²) in [5.41, 5.74) is 0.951. The van der Waals surface area contributed by atoms with Gasteiger partial charge in [0.25, 0.3) is 0 Å². The van der Waals surface area contributed by atoms with E-state index >= 15 is 0 Å². The molecule has 1 aliphatic rings. The molecule has 1 saturated heterocycles. The maximum absolute atomic E-state index is 10.9. The number of ether oxygens (including phenoxy) is 3. The zero-order chi connectivity index (χ0) is 16.3. The lowest BCUT2D eigenvalue weighted by atomic mass is 10.1. The fraction of sp³-hybridized carbons (Fsp3) is 0.500. The fourth-order valence-electron chi connectivity index (χ4n) is 1.11. The highest BCUT2D eigenvalue weighted by Crippen LogP contribution is 2.09. The van der Waals surface area contributed by atoms with Crippen LogP contribution in [0.2, 0.25) is 0 Å². The summed E-state index contributed by atoms with van der Waals surface area (Å²) in [6.07, 6.45) is 4.01. The van der Waals surface area contributed by atoms with Crippen LogP contribution < -0.4 is 0 Å². The van der Waals surface area contributed by atoms with E-state index in [1.807, 2.05) is 0 Å². The summed E-state index contributed by atoms with van der Waals surface area (Å²) in [7, 11) is 0. The number of epoxide rings is 1. The molecule has 1 fully saturated rings. The molecular weight excluding hydrogens is 272 g/mol. The molecule has 1 unspecified atom stereocenters. The Hall–Kier alpha value is -1.88. The molecule has 1 aliphatic heterocycles. The van der Waals surface area contributed by atoms with E-state index < -0.39 is 0 Å². The molecule has 118 valence electrons. The quantitative estimate of drug-likeness (QED) is 0.298. The van der Waals surface area contributed by atoms with Crippen molar-refractivity contribution in [2.45, 2.75) is 39.2 Å².